The van der Waals surface area contributed by atoms with Gasteiger partial charge in [0.25, 0.3) is 5.91 Å². The summed E-state index contributed by atoms with van der Waals surface area (Å²) in [6.07, 6.45) is 0. The fourth-order valence-electron chi connectivity index (χ4n) is 1.34. The number of halogens is 3. The van der Waals surface area contributed by atoms with Crippen molar-refractivity contribution >= 4 is 33.3 Å². The van der Waals surface area contributed by atoms with Crippen LogP contribution < -0.4 is 16.6 Å². The van der Waals surface area contributed by atoms with Crippen LogP contribution >= 0.6 is 15.9 Å². The monoisotopic (exact) mass is 343 g/mol. The summed E-state index contributed by atoms with van der Waals surface area (Å²) >= 11 is 2.84. The molecular weight excluding hydrogens is 336 g/mol. The fraction of sp³-hybridized carbons (Fsp3) is 0. The lowest BCUT2D eigenvalue weighted by atomic mass is 10.2. The van der Waals surface area contributed by atoms with E-state index in [4.69, 9.17) is 5.84 Å². The Kier molecular flexibility index (Phi) is 4.20. The third-order valence-electron chi connectivity index (χ3n) is 2.30. The van der Waals surface area contributed by atoms with Crippen molar-refractivity contribution in [3.63, 3.8) is 0 Å². The second kappa shape index (κ2) is 5.88. The number of nitrogens with one attached hydrogen (secondary N) is 2. The van der Waals surface area contributed by atoms with E-state index in [0.29, 0.717) is 0 Å². The number of aromatic nitrogens is 2. The number of rotatable bonds is 3. The molecule has 9 heteroatoms. The first-order valence-electron chi connectivity index (χ1n) is 5.27. The maximum Gasteiger partial charge on any atom is 0.276 e. The summed E-state index contributed by atoms with van der Waals surface area (Å²) in [4.78, 5) is 11.8. The average molecular weight is 344 g/mol. The molecule has 0 bridgehead atoms. The number of hydrazine groups is 1. The minimum atomic E-state index is -0.778. The van der Waals surface area contributed by atoms with Gasteiger partial charge in [-0.15, -0.1) is 10.2 Å². The van der Waals surface area contributed by atoms with E-state index < -0.39 is 17.5 Å². The second-order valence-corrected chi connectivity index (χ2v) is 4.50. The van der Waals surface area contributed by atoms with Crippen LogP contribution in [0.1, 0.15) is 10.5 Å². The van der Waals surface area contributed by atoms with Crippen molar-refractivity contribution < 1.29 is 13.6 Å². The van der Waals surface area contributed by atoms with Crippen LogP contribution in [0.2, 0.25) is 0 Å². The Morgan fingerprint density at radius 1 is 1.20 bits per heavy atom. The molecule has 0 saturated heterocycles. The van der Waals surface area contributed by atoms with Gasteiger partial charge in [-0.2, -0.15) is 0 Å². The molecule has 0 atom stereocenters. The van der Waals surface area contributed by atoms with E-state index in [1.807, 2.05) is 0 Å². The molecule has 0 fully saturated rings. The molecule has 1 aromatic heterocycles. The molecular formula is C11H8BrF2N5O. The first kappa shape index (κ1) is 14.3. The predicted molar refractivity (Wildman–Crippen MR) is 71.9 cm³/mol. The van der Waals surface area contributed by atoms with E-state index in [2.05, 4.69) is 36.9 Å². The summed E-state index contributed by atoms with van der Waals surface area (Å²) in [5, 5.41) is 9.38. The van der Waals surface area contributed by atoms with Gasteiger partial charge in [0, 0.05) is 6.07 Å². The van der Waals surface area contributed by atoms with Crippen LogP contribution in [0.3, 0.4) is 0 Å². The Morgan fingerprint density at radius 3 is 2.55 bits per heavy atom. The number of nitrogen functional groups attached to an aromatic ring is 1. The molecule has 104 valence electrons. The van der Waals surface area contributed by atoms with Crippen molar-refractivity contribution in [2.45, 2.75) is 0 Å². The highest BCUT2D eigenvalue weighted by Gasteiger charge is 2.13. The SMILES string of the molecule is NNc1ccc(C(=O)Nc2cc(F)c(Br)cc2F)nn1. The van der Waals surface area contributed by atoms with Crippen LogP contribution in [-0.2, 0) is 0 Å². The van der Waals surface area contributed by atoms with E-state index in [0.717, 1.165) is 12.1 Å². The van der Waals surface area contributed by atoms with E-state index in [9.17, 15) is 13.6 Å². The Labute approximate surface area is 120 Å². The number of nitrogens with two attached hydrogens (primary N) is 1. The maximum absolute atomic E-state index is 13.6. The first-order valence-corrected chi connectivity index (χ1v) is 6.07. The second-order valence-electron chi connectivity index (χ2n) is 3.65. The van der Waals surface area contributed by atoms with E-state index >= 15 is 0 Å². The minimum absolute atomic E-state index is 0.0360. The number of carbonyl (C=O) groups excluding carboxylic acids is 1. The van der Waals surface area contributed by atoms with Gasteiger partial charge in [0.05, 0.1) is 10.2 Å². The van der Waals surface area contributed by atoms with Crippen LogP contribution in [0.5, 0.6) is 0 Å². The Bertz CT molecular complexity index is 650. The summed E-state index contributed by atoms with van der Waals surface area (Å²) in [6.45, 7) is 0. The molecule has 2 aromatic rings. The topological polar surface area (TPSA) is 92.9 Å². The number of benzene rings is 1. The standard InChI is InChI=1S/C11H8BrF2N5O/c12-5-3-7(14)9(4-6(5)13)16-11(20)8-1-2-10(17-15)19-18-8/h1-4H,15H2,(H,16,20)(H,17,19). The number of carbonyl (C=O) groups is 1. The number of hydrogen-bond acceptors (Lipinski definition) is 5. The highest BCUT2D eigenvalue weighted by Crippen LogP contribution is 2.23. The molecule has 1 aromatic carbocycles. The zero-order valence-electron chi connectivity index (χ0n) is 9.82. The number of anilines is 2. The molecule has 0 saturated carbocycles. The molecule has 0 aliphatic rings. The number of nitrogens with zero attached hydrogens (tertiary/aromatic N) is 2. The quantitative estimate of drug-likeness (QED) is 0.450. The molecule has 0 aliphatic carbocycles. The Hall–Kier alpha value is -2.13. The van der Waals surface area contributed by atoms with Gasteiger partial charge in [-0.1, -0.05) is 0 Å². The number of hydrogen-bond donors (Lipinski definition) is 3. The van der Waals surface area contributed by atoms with Gasteiger partial charge in [-0.05, 0) is 34.1 Å². The maximum atomic E-state index is 13.6. The van der Waals surface area contributed by atoms with Crippen molar-refractivity contribution in [3.05, 3.63) is 46.1 Å². The van der Waals surface area contributed by atoms with Gasteiger partial charge in [0.1, 0.15) is 11.6 Å². The fourth-order valence-corrected chi connectivity index (χ4v) is 1.65. The predicted octanol–water partition coefficient (Wildman–Crippen LogP) is 2.06. The van der Waals surface area contributed by atoms with Crippen molar-refractivity contribution in [3.8, 4) is 0 Å². The van der Waals surface area contributed by atoms with Gasteiger partial charge >= 0.3 is 0 Å². The summed E-state index contributed by atoms with van der Waals surface area (Å²) < 4.78 is 26.8. The van der Waals surface area contributed by atoms with Crippen molar-refractivity contribution in [2.75, 3.05) is 10.7 Å². The molecule has 4 N–H and O–H groups in total. The van der Waals surface area contributed by atoms with Crippen LogP contribution in [0.4, 0.5) is 20.3 Å². The summed E-state index contributed by atoms with van der Waals surface area (Å²) in [7, 11) is 0. The molecule has 0 aliphatic heterocycles. The van der Waals surface area contributed by atoms with Gasteiger partial charge in [0.15, 0.2) is 11.5 Å². The van der Waals surface area contributed by atoms with Crippen LogP contribution in [0, 0.1) is 11.6 Å². The van der Waals surface area contributed by atoms with Crippen LogP contribution in [-0.4, -0.2) is 16.1 Å². The van der Waals surface area contributed by atoms with E-state index in [-0.39, 0.29) is 21.7 Å². The van der Waals surface area contributed by atoms with Crippen molar-refractivity contribution in [2.24, 2.45) is 5.84 Å². The summed E-state index contributed by atoms with van der Waals surface area (Å²) in [5.74, 6) is 3.17. The molecule has 0 radical (unpaired) electrons. The molecule has 2 rings (SSSR count). The van der Waals surface area contributed by atoms with Gasteiger partial charge < -0.3 is 10.7 Å². The molecule has 0 unspecified atom stereocenters. The normalized spacial score (nSPS) is 10.2. The van der Waals surface area contributed by atoms with Gasteiger partial charge in [-0.3, -0.25) is 4.79 Å². The Balaban J connectivity index is 2.20. The van der Waals surface area contributed by atoms with E-state index in [1.54, 1.807) is 0 Å². The summed E-state index contributed by atoms with van der Waals surface area (Å²) in [6, 6.07) is 4.53. The summed E-state index contributed by atoms with van der Waals surface area (Å²) in [5.41, 5.74) is 1.89. The zero-order chi connectivity index (χ0) is 14.7. The Morgan fingerprint density at radius 2 is 1.95 bits per heavy atom. The molecule has 1 heterocycles. The highest BCUT2D eigenvalue weighted by molar-refractivity contribution is 9.10. The molecule has 20 heavy (non-hydrogen) atoms. The largest absolute Gasteiger partial charge is 0.318 e. The molecule has 6 nitrogen and oxygen atoms in total. The first-order chi connectivity index (χ1) is 9.51. The average Bonchev–Trinajstić information content (AvgIpc) is 2.44. The van der Waals surface area contributed by atoms with Crippen LogP contribution in [0.25, 0.3) is 0 Å². The van der Waals surface area contributed by atoms with Gasteiger partial charge in [0.2, 0.25) is 0 Å². The minimum Gasteiger partial charge on any atom is -0.318 e. The smallest absolute Gasteiger partial charge is 0.276 e. The third-order valence-corrected chi connectivity index (χ3v) is 2.91. The molecule has 1 amide bonds. The third kappa shape index (κ3) is 3.06. The number of amides is 1. The molecule has 0 spiro atoms. The van der Waals surface area contributed by atoms with Crippen molar-refractivity contribution in [1.29, 1.82) is 0 Å². The lowest BCUT2D eigenvalue weighted by Crippen LogP contribution is -2.16. The highest BCUT2D eigenvalue weighted by atomic mass is 79.9. The van der Waals surface area contributed by atoms with Crippen molar-refractivity contribution in [1.82, 2.24) is 10.2 Å². The van der Waals surface area contributed by atoms with E-state index in [1.165, 1.54) is 12.1 Å². The lowest BCUT2D eigenvalue weighted by molar-refractivity contribution is 0.102. The lowest BCUT2D eigenvalue weighted by Gasteiger charge is -2.07. The van der Waals surface area contributed by atoms with Crippen LogP contribution in [0.15, 0.2) is 28.7 Å². The van der Waals surface area contributed by atoms with Gasteiger partial charge in [-0.25, -0.2) is 14.6 Å². The zero-order valence-corrected chi connectivity index (χ0v) is 11.4.